The molecule has 7 aromatic rings. The van der Waals surface area contributed by atoms with Crippen molar-refractivity contribution >= 4 is 10.9 Å². The molecule has 0 bridgehead atoms. The third kappa shape index (κ3) is 6.88. The topological polar surface area (TPSA) is 38.7 Å². The number of hydrogen-bond donors (Lipinski definition) is 0. The Morgan fingerprint density at radius 1 is 0.463 bits per heavy atom. The second-order valence-corrected chi connectivity index (χ2v) is 9.18. The van der Waals surface area contributed by atoms with Crippen LogP contribution >= 0.6 is 0 Å². The van der Waals surface area contributed by atoms with Gasteiger partial charge in [-0.05, 0) is 28.4 Å². The third-order valence-electron chi connectivity index (χ3n) is 6.52. The minimum atomic E-state index is 0. The average Bonchev–Trinajstić information content (AvgIpc) is 3.06. The number of hydrogen-bond acceptors (Lipinski definition) is 3. The first-order valence-electron chi connectivity index (χ1n) is 13.1. The van der Waals surface area contributed by atoms with Gasteiger partial charge in [-0.2, -0.15) is 0 Å². The van der Waals surface area contributed by atoms with Crippen molar-refractivity contribution in [2.45, 2.75) is 0 Å². The molecule has 0 aliphatic carbocycles. The molecule has 0 amide bonds. The summed E-state index contributed by atoms with van der Waals surface area (Å²) in [4.78, 5) is 13.3. The molecular formula is C37H25IrN3-2. The molecule has 0 spiro atoms. The third-order valence-corrected chi connectivity index (χ3v) is 6.52. The molecule has 4 heteroatoms. The van der Waals surface area contributed by atoms with Crippen molar-refractivity contribution in [3.05, 3.63) is 164 Å². The Morgan fingerprint density at radius 2 is 1.15 bits per heavy atom. The van der Waals surface area contributed by atoms with Crippen LogP contribution in [0.2, 0.25) is 0 Å². The molecule has 0 saturated heterocycles. The van der Waals surface area contributed by atoms with Crippen LogP contribution in [0.25, 0.3) is 55.8 Å². The summed E-state index contributed by atoms with van der Waals surface area (Å²) in [5.41, 5.74) is 9.27. The molecule has 0 atom stereocenters. The van der Waals surface area contributed by atoms with Crippen LogP contribution in [0, 0.1) is 12.1 Å². The van der Waals surface area contributed by atoms with E-state index in [2.05, 4.69) is 64.6 Å². The van der Waals surface area contributed by atoms with Crippen molar-refractivity contribution in [1.82, 2.24) is 15.0 Å². The van der Waals surface area contributed by atoms with Crippen LogP contribution in [0.15, 0.2) is 152 Å². The van der Waals surface area contributed by atoms with Gasteiger partial charge in [0.05, 0.1) is 11.2 Å². The SMILES string of the molecule is [Ir].[c-]1cc(-c2ccccc2)ccc1-c1ccc2ccccc2n1.[c-]1ccccc1-c1cc(-c2ccccc2)ncn1. The maximum atomic E-state index is 4.72. The molecule has 0 fully saturated rings. The van der Waals surface area contributed by atoms with E-state index >= 15 is 0 Å². The molecule has 0 N–H and O–H groups in total. The van der Waals surface area contributed by atoms with E-state index in [0.717, 1.165) is 44.7 Å². The Kier molecular flexibility index (Phi) is 9.18. The van der Waals surface area contributed by atoms with Gasteiger partial charge in [0.25, 0.3) is 0 Å². The van der Waals surface area contributed by atoms with Crippen LogP contribution in [-0.2, 0) is 20.1 Å². The Labute approximate surface area is 254 Å². The molecular weight excluding hydrogens is 679 g/mol. The summed E-state index contributed by atoms with van der Waals surface area (Å²) in [6, 6.07) is 55.3. The quantitative estimate of drug-likeness (QED) is 0.172. The molecule has 0 unspecified atom stereocenters. The van der Waals surface area contributed by atoms with Gasteiger partial charge < -0.3 is 0 Å². The Bertz CT molecular complexity index is 1770. The number of pyridine rings is 1. The first kappa shape index (κ1) is 27.8. The Morgan fingerprint density at radius 3 is 1.88 bits per heavy atom. The molecule has 2 heterocycles. The Hall–Kier alpha value is -4.76. The van der Waals surface area contributed by atoms with E-state index in [-0.39, 0.29) is 20.1 Å². The second kappa shape index (κ2) is 13.5. The van der Waals surface area contributed by atoms with Gasteiger partial charge in [0.2, 0.25) is 0 Å². The van der Waals surface area contributed by atoms with Crippen molar-refractivity contribution in [2.24, 2.45) is 0 Å². The number of para-hydroxylation sites is 1. The predicted molar refractivity (Wildman–Crippen MR) is 163 cm³/mol. The van der Waals surface area contributed by atoms with Crippen molar-refractivity contribution < 1.29 is 20.1 Å². The number of fused-ring (bicyclic) bond motifs is 1. The largest absolute Gasteiger partial charge is 0.296 e. The van der Waals surface area contributed by atoms with Gasteiger partial charge >= 0.3 is 0 Å². The summed E-state index contributed by atoms with van der Waals surface area (Å²) in [7, 11) is 0. The summed E-state index contributed by atoms with van der Waals surface area (Å²) < 4.78 is 0. The van der Waals surface area contributed by atoms with Crippen LogP contribution < -0.4 is 0 Å². The standard InChI is InChI=1S/C21H14N.C16H11N2.Ir/c1-2-6-16(7-3-1)17-10-12-19(13-11-17)21-15-14-18-8-4-5-9-20(18)22-21;1-3-7-13(8-4-1)15-11-16(18-12-17-15)14-9-5-2-6-10-14;/h1-12,14-15H;1-9,11-12H;/q2*-1;. The molecule has 0 aliphatic heterocycles. The van der Waals surface area contributed by atoms with Crippen molar-refractivity contribution in [3.63, 3.8) is 0 Å². The van der Waals surface area contributed by atoms with E-state index in [9.17, 15) is 0 Å². The summed E-state index contributed by atoms with van der Waals surface area (Å²) >= 11 is 0. The van der Waals surface area contributed by atoms with E-state index in [1.54, 1.807) is 6.33 Å². The molecule has 2 aromatic heterocycles. The van der Waals surface area contributed by atoms with Crippen LogP contribution in [0.3, 0.4) is 0 Å². The van der Waals surface area contributed by atoms with Gasteiger partial charge in [-0.15, -0.1) is 65.7 Å². The number of benzene rings is 5. The summed E-state index contributed by atoms with van der Waals surface area (Å²) in [6.45, 7) is 0. The van der Waals surface area contributed by atoms with E-state index in [1.165, 1.54) is 11.1 Å². The van der Waals surface area contributed by atoms with E-state index in [0.29, 0.717) is 0 Å². The van der Waals surface area contributed by atoms with E-state index in [1.807, 2.05) is 103 Å². The number of aromatic nitrogens is 3. The molecule has 0 saturated carbocycles. The average molecular weight is 704 g/mol. The number of rotatable bonds is 4. The zero-order valence-electron chi connectivity index (χ0n) is 22.1. The second-order valence-electron chi connectivity index (χ2n) is 9.18. The predicted octanol–water partition coefficient (Wildman–Crippen LogP) is 8.98. The molecule has 199 valence electrons. The summed E-state index contributed by atoms with van der Waals surface area (Å²) in [6.07, 6.45) is 1.60. The maximum absolute atomic E-state index is 4.72. The van der Waals surface area contributed by atoms with Crippen molar-refractivity contribution in [3.8, 4) is 44.9 Å². The first-order chi connectivity index (χ1) is 19.8. The normalized spacial score (nSPS) is 10.2. The molecule has 7 rings (SSSR count). The fourth-order valence-corrected chi connectivity index (χ4v) is 4.43. The number of nitrogens with zero attached hydrogens (tertiary/aromatic N) is 3. The summed E-state index contributed by atoms with van der Waals surface area (Å²) in [5.74, 6) is 0. The van der Waals surface area contributed by atoms with Crippen LogP contribution in [0.1, 0.15) is 0 Å². The molecule has 5 aromatic carbocycles. The van der Waals surface area contributed by atoms with Gasteiger partial charge in [-0.3, -0.25) is 9.97 Å². The van der Waals surface area contributed by atoms with Gasteiger partial charge in [0, 0.05) is 20.1 Å². The molecule has 41 heavy (non-hydrogen) atoms. The molecule has 1 radical (unpaired) electrons. The van der Waals surface area contributed by atoms with Gasteiger partial charge in [0.15, 0.2) is 0 Å². The minimum absolute atomic E-state index is 0. The van der Waals surface area contributed by atoms with Crippen LogP contribution in [-0.4, -0.2) is 15.0 Å². The van der Waals surface area contributed by atoms with Gasteiger partial charge in [-0.1, -0.05) is 108 Å². The van der Waals surface area contributed by atoms with Gasteiger partial charge in [-0.25, -0.2) is 4.98 Å². The Balaban J connectivity index is 0.000000164. The van der Waals surface area contributed by atoms with E-state index in [4.69, 9.17) is 4.98 Å². The van der Waals surface area contributed by atoms with Crippen LogP contribution in [0.4, 0.5) is 0 Å². The van der Waals surface area contributed by atoms with E-state index < -0.39 is 0 Å². The fourth-order valence-electron chi connectivity index (χ4n) is 4.43. The molecule has 0 aliphatic rings. The minimum Gasteiger partial charge on any atom is -0.296 e. The summed E-state index contributed by atoms with van der Waals surface area (Å²) in [5, 5.41) is 1.16. The van der Waals surface area contributed by atoms with Crippen molar-refractivity contribution in [1.29, 1.82) is 0 Å². The van der Waals surface area contributed by atoms with Crippen molar-refractivity contribution in [2.75, 3.05) is 0 Å². The smallest absolute Gasteiger partial charge is 0.106 e. The zero-order chi connectivity index (χ0) is 27.0. The first-order valence-corrected chi connectivity index (χ1v) is 13.1. The molecule has 3 nitrogen and oxygen atoms in total. The van der Waals surface area contributed by atoms with Crippen LogP contribution in [0.5, 0.6) is 0 Å². The van der Waals surface area contributed by atoms with Gasteiger partial charge in [0.1, 0.15) is 6.33 Å². The maximum Gasteiger partial charge on any atom is 0.106 e. The monoisotopic (exact) mass is 704 g/mol. The zero-order valence-corrected chi connectivity index (χ0v) is 24.5. The fraction of sp³-hybridized carbons (Fsp3) is 0.